The summed E-state index contributed by atoms with van der Waals surface area (Å²) in [7, 11) is 0. The number of pyridine rings is 1. The highest BCUT2D eigenvalue weighted by Crippen LogP contribution is 2.45. The van der Waals surface area contributed by atoms with Gasteiger partial charge < -0.3 is 10.6 Å². The third-order valence-corrected chi connectivity index (χ3v) is 4.78. The van der Waals surface area contributed by atoms with Gasteiger partial charge in [-0.25, -0.2) is 9.98 Å². The molecule has 126 valence electrons. The molecule has 7 nitrogen and oxygen atoms in total. The van der Waals surface area contributed by atoms with Gasteiger partial charge in [-0.15, -0.1) is 0 Å². The van der Waals surface area contributed by atoms with Crippen molar-refractivity contribution in [3.8, 4) is 6.19 Å². The maximum atomic E-state index is 11.4. The highest BCUT2D eigenvalue weighted by atomic mass is 16.1. The number of amides is 1. The first-order valence-corrected chi connectivity index (χ1v) is 8.43. The van der Waals surface area contributed by atoms with Gasteiger partial charge in [0.1, 0.15) is 5.82 Å². The lowest BCUT2D eigenvalue weighted by Crippen LogP contribution is -2.30. The number of nitriles is 1. The van der Waals surface area contributed by atoms with Gasteiger partial charge in [0.2, 0.25) is 11.9 Å². The van der Waals surface area contributed by atoms with E-state index in [9.17, 15) is 4.79 Å². The maximum Gasteiger partial charge on any atom is 0.225 e. The van der Waals surface area contributed by atoms with Crippen molar-refractivity contribution in [2.45, 2.75) is 45.1 Å². The highest BCUT2D eigenvalue weighted by molar-refractivity contribution is 5.95. The van der Waals surface area contributed by atoms with Crippen molar-refractivity contribution >= 4 is 23.4 Å². The largest absolute Gasteiger partial charge is 0.324 e. The van der Waals surface area contributed by atoms with E-state index in [0.29, 0.717) is 35.8 Å². The average molecular weight is 326 g/mol. The van der Waals surface area contributed by atoms with Crippen molar-refractivity contribution in [3.63, 3.8) is 0 Å². The molecule has 2 aliphatic carbocycles. The van der Waals surface area contributed by atoms with Crippen LogP contribution in [-0.2, 0) is 4.79 Å². The molecule has 0 aromatic carbocycles. The molecule has 1 amide bonds. The number of rotatable bonds is 4. The van der Waals surface area contributed by atoms with E-state index < -0.39 is 0 Å². The van der Waals surface area contributed by atoms with E-state index in [1.807, 2.05) is 6.19 Å². The number of anilines is 2. The third-order valence-electron chi connectivity index (χ3n) is 4.78. The van der Waals surface area contributed by atoms with E-state index in [4.69, 9.17) is 10.3 Å². The Bertz CT molecular complexity index is 663. The van der Waals surface area contributed by atoms with Crippen molar-refractivity contribution in [2.24, 2.45) is 16.8 Å². The molecule has 0 spiro atoms. The molecule has 7 heteroatoms. The summed E-state index contributed by atoms with van der Waals surface area (Å²) in [5.74, 6) is 2.34. The summed E-state index contributed by atoms with van der Waals surface area (Å²) in [4.78, 5) is 20.2. The number of carbonyl (C=O) groups is 1. The number of aliphatic imine (C=N–C) groups is 1. The minimum absolute atomic E-state index is 0.0760. The molecule has 24 heavy (non-hydrogen) atoms. The minimum Gasteiger partial charge on any atom is -0.324 e. The minimum atomic E-state index is -0.0760. The van der Waals surface area contributed by atoms with Crippen LogP contribution in [0.5, 0.6) is 0 Å². The van der Waals surface area contributed by atoms with Gasteiger partial charge in [0.05, 0.1) is 17.9 Å². The molecule has 0 saturated heterocycles. The zero-order valence-corrected chi connectivity index (χ0v) is 13.7. The van der Waals surface area contributed by atoms with Gasteiger partial charge in [-0.3, -0.25) is 10.1 Å². The van der Waals surface area contributed by atoms with Crippen LogP contribution in [0.2, 0.25) is 0 Å². The monoisotopic (exact) mass is 326 g/mol. The lowest BCUT2D eigenvalue weighted by atomic mass is 9.96. The lowest BCUT2D eigenvalue weighted by Gasteiger charge is -2.19. The maximum absolute atomic E-state index is 11.4. The number of carbonyl (C=O) groups excluding carboxylic acids is 1. The van der Waals surface area contributed by atoms with Crippen LogP contribution in [0.3, 0.4) is 0 Å². The van der Waals surface area contributed by atoms with E-state index >= 15 is 0 Å². The van der Waals surface area contributed by atoms with Gasteiger partial charge >= 0.3 is 0 Å². The second-order valence-corrected chi connectivity index (χ2v) is 6.42. The van der Waals surface area contributed by atoms with Crippen LogP contribution >= 0.6 is 0 Å². The lowest BCUT2D eigenvalue weighted by molar-refractivity contribution is -0.115. The number of aromatic nitrogens is 1. The molecule has 2 fully saturated rings. The summed E-state index contributed by atoms with van der Waals surface area (Å²) in [5.41, 5.74) is 0.717. The summed E-state index contributed by atoms with van der Waals surface area (Å²) in [6.07, 6.45) is 8.89. The summed E-state index contributed by atoms with van der Waals surface area (Å²) in [5, 5.41) is 17.4. The molecule has 2 aliphatic rings. The van der Waals surface area contributed by atoms with Crippen molar-refractivity contribution in [1.29, 1.82) is 5.26 Å². The number of fused-ring (bicyclic) bond motifs is 2. The average Bonchev–Trinajstić information content (AvgIpc) is 3.19. The van der Waals surface area contributed by atoms with E-state index in [1.165, 1.54) is 19.3 Å². The Morgan fingerprint density at radius 1 is 1.38 bits per heavy atom. The molecule has 1 heterocycles. The Kier molecular flexibility index (Phi) is 4.94. The molecule has 0 radical (unpaired) electrons. The topological polar surface area (TPSA) is 102 Å². The van der Waals surface area contributed by atoms with Crippen LogP contribution < -0.4 is 16.0 Å². The molecule has 1 aromatic heterocycles. The zero-order chi connectivity index (χ0) is 16.9. The van der Waals surface area contributed by atoms with Crippen LogP contribution in [0.1, 0.15) is 39.0 Å². The van der Waals surface area contributed by atoms with Crippen LogP contribution in [0, 0.1) is 23.3 Å². The number of hydrogen-bond acceptors (Lipinski definition) is 4. The molecule has 3 N–H and O–H groups in total. The van der Waals surface area contributed by atoms with E-state index in [2.05, 4.69) is 20.9 Å². The Morgan fingerprint density at radius 3 is 2.83 bits per heavy atom. The molecule has 0 unspecified atom stereocenters. The quantitative estimate of drug-likeness (QED) is 0.341. The van der Waals surface area contributed by atoms with Crippen molar-refractivity contribution in [1.82, 2.24) is 10.3 Å². The van der Waals surface area contributed by atoms with Gasteiger partial charge in [0.15, 0.2) is 6.19 Å². The van der Waals surface area contributed by atoms with Gasteiger partial charge in [-0.1, -0.05) is 13.3 Å². The Labute approximate surface area is 141 Å². The highest BCUT2D eigenvalue weighted by Gasteiger charge is 2.39. The van der Waals surface area contributed by atoms with E-state index in [1.54, 1.807) is 25.3 Å². The predicted molar refractivity (Wildman–Crippen MR) is 92.2 cm³/mol. The van der Waals surface area contributed by atoms with Gasteiger partial charge in [-0.2, -0.15) is 5.26 Å². The molecule has 2 bridgehead atoms. The fourth-order valence-electron chi connectivity index (χ4n) is 3.59. The first kappa shape index (κ1) is 16.2. The summed E-state index contributed by atoms with van der Waals surface area (Å²) in [6, 6.07) is 3.81. The van der Waals surface area contributed by atoms with Crippen LogP contribution in [0.4, 0.5) is 11.5 Å². The fourth-order valence-corrected chi connectivity index (χ4v) is 3.59. The van der Waals surface area contributed by atoms with E-state index in [-0.39, 0.29) is 5.91 Å². The van der Waals surface area contributed by atoms with Crippen molar-refractivity contribution in [2.75, 3.05) is 10.6 Å². The number of hydrogen-bond donors (Lipinski definition) is 3. The van der Waals surface area contributed by atoms with Crippen LogP contribution in [0.15, 0.2) is 23.3 Å². The fraction of sp³-hybridized carbons (Fsp3) is 0.529. The number of nitrogens with zero attached hydrogens (tertiary/aromatic N) is 3. The second kappa shape index (κ2) is 7.30. The number of guanidine groups is 1. The molecule has 0 aliphatic heterocycles. The normalized spacial score (nSPS) is 25.2. The van der Waals surface area contributed by atoms with Crippen molar-refractivity contribution < 1.29 is 4.79 Å². The number of nitrogens with one attached hydrogen (secondary N) is 3. The molecule has 3 atom stereocenters. The van der Waals surface area contributed by atoms with Crippen molar-refractivity contribution in [3.05, 3.63) is 18.3 Å². The van der Waals surface area contributed by atoms with E-state index in [0.717, 1.165) is 12.3 Å². The summed E-state index contributed by atoms with van der Waals surface area (Å²) >= 11 is 0. The SMILES string of the molecule is CCC(=O)Nc1ccc(NC(=N[C@H]2C[C@@H]3CC[C@H]2C3)NC#N)cn1. The Hall–Kier alpha value is -2.62. The van der Waals surface area contributed by atoms with Gasteiger partial charge in [-0.05, 0) is 43.2 Å². The predicted octanol–water partition coefficient (Wildman–Crippen LogP) is 2.46. The first-order chi connectivity index (χ1) is 11.7. The third kappa shape index (κ3) is 3.82. The molecule has 3 rings (SSSR count). The molecular weight excluding hydrogens is 304 g/mol. The zero-order valence-electron chi connectivity index (χ0n) is 13.7. The molecule has 1 aromatic rings. The molecular formula is C17H22N6O. The Balaban J connectivity index is 1.65. The first-order valence-electron chi connectivity index (χ1n) is 8.43. The smallest absolute Gasteiger partial charge is 0.225 e. The second-order valence-electron chi connectivity index (χ2n) is 6.42. The molecule has 2 saturated carbocycles. The summed E-state index contributed by atoms with van der Waals surface area (Å²) < 4.78 is 0. The van der Waals surface area contributed by atoms with Gasteiger partial charge in [0, 0.05) is 6.42 Å². The van der Waals surface area contributed by atoms with Gasteiger partial charge in [0.25, 0.3) is 0 Å². The van der Waals surface area contributed by atoms with Crippen LogP contribution in [0.25, 0.3) is 0 Å². The Morgan fingerprint density at radius 2 is 2.25 bits per heavy atom. The van der Waals surface area contributed by atoms with Crippen LogP contribution in [-0.4, -0.2) is 22.9 Å². The summed E-state index contributed by atoms with van der Waals surface area (Å²) in [6.45, 7) is 1.79. The standard InChI is InChI=1S/C17H22N6O/c1-2-16(24)23-15-6-5-13(9-19-15)21-17(20-10-18)22-14-8-11-3-4-12(14)7-11/h5-6,9,11-12,14H,2-4,7-8H2,1H3,(H,19,23,24)(H2,20,21,22)/t11-,12+,14+/m1/s1.